The molecule has 3 heterocycles. The number of nitrogens with zero attached hydrogens (tertiary/aromatic N) is 4. The summed E-state index contributed by atoms with van der Waals surface area (Å²) in [6.45, 7) is 5.44. The maximum absolute atomic E-state index is 12.2. The van der Waals surface area contributed by atoms with E-state index in [0.29, 0.717) is 26.2 Å². The van der Waals surface area contributed by atoms with Gasteiger partial charge >= 0.3 is 0 Å². The molecule has 1 fully saturated rings. The van der Waals surface area contributed by atoms with E-state index in [9.17, 15) is 4.79 Å². The topological polar surface area (TPSA) is 81.5 Å². The van der Waals surface area contributed by atoms with Gasteiger partial charge in [-0.05, 0) is 36.1 Å². The van der Waals surface area contributed by atoms with Gasteiger partial charge in [0.2, 0.25) is 5.91 Å². The van der Waals surface area contributed by atoms with E-state index in [0.717, 1.165) is 68.4 Å². The van der Waals surface area contributed by atoms with Gasteiger partial charge in [-0.25, -0.2) is 0 Å². The van der Waals surface area contributed by atoms with Gasteiger partial charge in [0.25, 0.3) is 0 Å². The zero-order chi connectivity index (χ0) is 23.9. The Bertz CT molecular complexity index is 1090. The Labute approximate surface area is 206 Å². The summed E-state index contributed by atoms with van der Waals surface area (Å²) >= 11 is 0. The Morgan fingerprint density at radius 1 is 1.03 bits per heavy atom. The average molecular weight is 476 g/mol. The molecule has 2 aliphatic rings. The van der Waals surface area contributed by atoms with Crippen LogP contribution in [0.4, 0.5) is 0 Å². The normalized spacial score (nSPS) is 18.1. The number of nitrogens with one attached hydrogen (secondary N) is 1. The van der Waals surface area contributed by atoms with Crippen LogP contribution in [0.15, 0.2) is 54.6 Å². The molecule has 0 bridgehead atoms. The number of carbonyl (C=O) groups is 1. The highest BCUT2D eigenvalue weighted by Gasteiger charge is 2.23. The molecule has 2 aliphatic heterocycles. The average Bonchev–Trinajstić information content (AvgIpc) is 3.52. The standard InChI is InChI=1S/C27H33N5O3/c33-27(24-7-4-18-34-24)28-14-12-25-29-30-26-13-15-31(16-17-32(25)26)19-21-8-10-23(11-9-21)35-20-22-5-2-1-3-6-22/h1-3,5-6,8-11,24H,4,7,12-20H2,(H,28,33)/t24-/m1/s1. The molecule has 1 atom stereocenters. The Hall–Kier alpha value is -3.23. The fourth-order valence-electron chi connectivity index (χ4n) is 4.66. The lowest BCUT2D eigenvalue weighted by Gasteiger charge is -2.20. The summed E-state index contributed by atoms with van der Waals surface area (Å²) < 4.78 is 13.6. The summed E-state index contributed by atoms with van der Waals surface area (Å²) in [5, 5.41) is 11.8. The van der Waals surface area contributed by atoms with Crippen LogP contribution in [0.2, 0.25) is 0 Å². The van der Waals surface area contributed by atoms with Gasteiger partial charge in [0.15, 0.2) is 0 Å². The van der Waals surface area contributed by atoms with E-state index in [1.807, 2.05) is 30.3 Å². The molecule has 35 heavy (non-hydrogen) atoms. The first-order valence-electron chi connectivity index (χ1n) is 12.5. The Balaban J connectivity index is 1.09. The molecule has 0 spiro atoms. The van der Waals surface area contributed by atoms with E-state index in [1.54, 1.807) is 0 Å². The maximum Gasteiger partial charge on any atom is 0.249 e. The zero-order valence-corrected chi connectivity index (χ0v) is 20.1. The minimum atomic E-state index is -0.288. The minimum Gasteiger partial charge on any atom is -0.489 e. The van der Waals surface area contributed by atoms with Crippen molar-refractivity contribution in [1.29, 1.82) is 0 Å². The van der Waals surface area contributed by atoms with Crippen molar-refractivity contribution in [3.63, 3.8) is 0 Å². The van der Waals surface area contributed by atoms with Gasteiger partial charge in [-0.2, -0.15) is 0 Å². The number of carbonyl (C=O) groups excluding carboxylic acids is 1. The van der Waals surface area contributed by atoms with Crippen molar-refractivity contribution < 1.29 is 14.3 Å². The van der Waals surface area contributed by atoms with Crippen molar-refractivity contribution >= 4 is 5.91 Å². The van der Waals surface area contributed by atoms with Crippen LogP contribution >= 0.6 is 0 Å². The lowest BCUT2D eigenvalue weighted by molar-refractivity contribution is -0.130. The molecular formula is C27H33N5O3. The SMILES string of the molecule is O=C(NCCc1nnc2n1CCN(Cc1ccc(OCc3ccccc3)cc1)CC2)[C@H]1CCCO1. The van der Waals surface area contributed by atoms with Crippen LogP contribution in [0.25, 0.3) is 0 Å². The zero-order valence-electron chi connectivity index (χ0n) is 20.1. The van der Waals surface area contributed by atoms with Crippen molar-refractivity contribution in [2.45, 2.75) is 51.5 Å². The van der Waals surface area contributed by atoms with E-state index in [4.69, 9.17) is 9.47 Å². The smallest absolute Gasteiger partial charge is 0.249 e. The summed E-state index contributed by atoms with van der Waals surface area (Å²) in [7, 11) is 0. The molecular weight excluding hydrogens is 442 g/mol. The van der Waals surface area contributed by atoms with Crippen LogP contribution < -0.4 is 10.1 Å². The molecule has 1 amide bonds. The van der Waals surface area contributed by atoms with Gasteiger partial charge < -0.3 is 19.4 Å². The molecule has 1 aromatic heterocycles. The second-order valence-electron chi connectivity index (χ2n) is 9.17. The maximum atomic E-state index is 12.2. The first-order chi connectivity index (χ1) is 17.2. The third-order valence-corrected chi connectivity index (χ3v) is 6.64. The summed E-state index contributed by atoms with van der Waals surface area (Å²) in [6, 6.07) is 18.6. The molecule has 184 valence electrons. The van der Waals surface area contributed by atoms with Crippen LogP contribution in [-0.4, -0.2) is 57.9 Å². The minimum absolute atomic E-state index is 0.0132. The molecule has 3 aromatic rings. The van der Waals surface area contributed by atoms with Crippen LogP contribution in [0.3, 0.4) is 0 Å². The van der Waals surface area contributed by atoms with Crippen molar-refractivity contribution in [3.8, 4) is 5.75 Å². The first kappa shape index (κ1) is 23.5. The van der Waals surface area contributed by atoms with Crippen LogP contribution in [0.5, 0.6) is 5.75 Å². The van der Waals surface area contributed by atoms with E-state index in [1.165, 1.54) is 5.56 Å². The fraction of sp³-hybridized carbons (Fsp3) is 0.444. The molecule has 5 rings (SSSR count). The van der Waals surface area contributed by atoms with Gasteiger partial charge in [0.05, 0.1) is 0 Å². The van der Waals surface area contributed by atoms with E-state index in [-0.39, 0.29) is 12.0 Å². The first-order valence-corrected chi connectivity index (χ1v) is 12.5. The quantitative estimate of drug-likeness (QED) is 0.513. The number of rotatable bonds is 9. The second kappa shape index (κ2) is 11.5. The van der Waals surface area contributed by atoms with Crippen molar-refractivity contribution in [1.82, 2.24) is 25.0 Å². The molecule has 1 saturated heterocycles. The Morgan fingerprint density at radius 3 is 2.69 bits per heavy atom. The number of aromatic nitrogens is 3. The number of fused-ring (bicyclic) bond motifs is 1. The number of amides is 1. The predicted molar refractivity (Wildman–Crippen MR) is 132 cm³/mol. The third-order valence-electron chi connectivity index (χ3n) is 6.64. The lowest BCUT2D eigenvalue weighted by Crippen LogP contribution is -2.35. The van der Waals surface area contributed by atoms with Crippen LogP contribution in [0, 0.1) is 0 Å². The van der Waals surface area contributed by atoms with E-state index in [2.05, 4.69) is 49.2 Å². The molecule has 2 aromatic carbocycles. The van der Waals surface area contributed by atoms with Crippen LogP contribution in [0.1, 0.15) is 35.6 Å². The summed E-state index contributed by atoms with van der Waals surface area (Å²) in [6.07, 6.45) is 3.02. The number of hydrogen-bond acceptors (Lipinski definition) is 6. The largest absolute Gasteiger partial charge is 0.489 e. The number of benzene rings is 2. The molecule has 0 aliphatic carbocycles. The summed E-state index contributed by atoms with van der Waals surface area (Å²) in [5.74, 6) is 2.84. The molecule has 0 unspecified atom stereocenters. The molecule has 8 nitrogen and oxygen atoms in total. The van der Waals surface area contributed by atoms with Gasteiger partial charge in [0.1, 0.15) is 30.1 Å². The highest BCUT2D eigenvalue weighted by Crippen LogP contribution is 2.17. The van der Waals surface area contributed by atoms with Crippen molar-refractivity contribution in [2.75, 3.05) is 26.2 Å². The van der Waals surface area contributed by atoms with Gasteiger partial charge in [-0.1, -0.05) is 42.5 Å². The van der Waals surface area contributed by atoms with Crippen LogP contribution in [-0.2, 0) is 42.1 Å². The third kappa shape index (κ3) is 6.26. The molecule has 8 heteroatoms. The summed E-state index contributed by atoms with van der Waals surface area (Å²) in [5.41, 5.74) is 2.43. The van der Waals surface area contributed by atoms with Gasteiger partial charge in [-0.15, -0.1) is 10.2 Å². The lowest BCUT2D eigenvalue weighted by atomic mass is 10.2. The molecule has 0 radical (unpaired) electrons. The Kier molecular flexibility index (Phi) is 7.70. The second-order valence-corrected chi connectivity index (χ2v) is 9.17. The highest BCUT2D eigenvalue weighted by molar-refractivity contribution is 5.80. The molecule has 1 N–H and O–H groups in total. The van der Waals surface area contributed by atoms with Crippen molar-refractivity contribution in [3.05, 3.63) is 77.4 Å². The van der Waals surface area contributed by atoms with Crippen molar-refractivity contribution in [2.24, 2.45) is 0 Å². The van der Waals surface area contributed by atoms with Gasteiger partial charge in [0, 0.05) is 52.2 Å². The predicted octanol–water partition coefficient (Wildman–Crippen LogP) is 2.75. The number of hydrogen-bond donors (Lipinski definition) is 1. The van der Waals surface area contributed by atoms with E-state index >= 15 is 0 Å². The molecule has 0 saturated carbocycles. The van der Waals surface area contributed by atoms with Gasteiger partial charge in [-0.3, -0.25) is 9.69 Å². The fourth-order valence-corrected chi connectivity index (χ4v) is 4.66. The Morgan fingerprint density at radius 2 is 1.89 bits per heavy atom. The van der Waals surface area contributed by atoms with E-state index < -0.39 is 0 Å². The number of ether oxygens (including phenoxy) is 2. The monoisotopic (exact) mass is 475 g/mol. The highest BCUT2D eigenvalue weighted by atomic mass is 16.5. The summed E-state index contributed by atoms with van der Waals surface area (Å²) in [4.78, 5) is 14.6.